The first-order chi connectivity index (χ1) is 6.58. The fourth-order valence-corrected chi connectivity index (χ4v) is 2.17. The van der Waals surface area contributed by atoms with Crippen LogP contribution in [0.2, 0.25) is 0 Å². The molecule has 0 atom stereocenters. The van der Waals surface area contributed by atoms with Crippen LogP contribution in [0.4, 0.5) is 5.95 Å². The molecule has 0 radical (unpaired) electrons. The van der Waals surface area contributed by atoms with Crippen molar-refractivity contribution in [2.75, 3.05) is 5.73 Å². The van der Waals surface area contributed by atoms with Crippen molar-refractivity contribution in [2.24, 2.45) is 0 Å². The van der Waals surface area contributed by atoms with Gasteiger partial charge in [0.15, 0.2) is 0 Å². The molecule has 0 aliphatic heterocycles. The lowest BCUT2D eigenvalue weighted by Gasteiger charge is -2.02. The Hall–Kier alpha value is -1.11. The summed E-state index contributed by atoms with van der Waals surface area (Å²) in [5.41, 5.74) is 6.91. The van der Waals surface area contributed by atoms with Crippen molar-refractivity contribution in [3.05, 3.63) is 31.6 Å². The zero-order chi connectivity index (χ0) is 10.3. The van der Waals surface area contributed by atoms with Crippen molar-refractivity contribution < 1.29 is 0 Å². The minimum Gasteiger partial charge on any atom is -0.369 e. The van der Waals surface area contributed by atoms with Gasteiger partial charge in [-0.1, -0.05) is 0 Å². The molecule has 0 saturated carbocycles. The van der Waals surface area contributed by atoms with Crippen molar-refractivity contribution in [1.82, 2.24) is 9.97 Å². The molecule has 0 aliphatic carbocycles. The normalized spacial score (nSPS) is 10.7. The number of anilines is 1. The molecule has 0 aliphatic rings. The minimum atomic E-state index is -0.186. The van der Waals surface area contributed by atoms with E-state index in [1.165, 1.54) is 0 Å². The van der Waals surface area contributed by atoms with E-state index in [4.69, 9.17) is 5.73 Å². The lowest BCUT2D eigenvalue weighted by atomic mass is 10.1. The Balaban J connectivity index is 3.02. The first kappa shape index (κ1) is 9.45. The zero-order valence-corrected chi connectivity index (χ0v) is 9.62. The highest BCUT2D eigenvalue weighted by molar-refractivity contribution is 14.1. The van der Waals surface area contributed by atoms with Crippen molar-refractivity contribution in [3.8, 4) is 0 Å². The second-order valence-electron chi connectivity index (χ2n) is 3.07. The number of aromatic amines is 1. The highest BCUT2D eigenvalue weighted by atomic mass is 127. The van der Waals surface area contributed by atoms with Gasteiger partial charge in [0, 0.05) is 3.57 Å². The topological polar surface area (TPSA) is 71.8 Å². The van der Waals surface area contributed by atoms with Crippen LogP contribution < -0.4 is 11.3 Å². The summed E-state index contributed by atoms with van der Waals surface area (Å²) in [7, 11) is 0. The van der Waals surface area contributed by atoms with Crippen LogP contribution in [-0.2, 0) is 0 Å². The summed E-state index contributed by atoms with van der Waals surface area (Å²) < 4.78 is 1.02. The molecule has 0 bridgehead atoms. The molecule has 0 fully saturated rings. The summed E-state index contributed by atoms with van der Waals surface area (Å²) in [6.45, 7) is 1.91. The number of H-pyrrole nitrogens is 1. The van der Waals surface area contributed by atoms with Gasteiger partial charge in [0.05, 0.1) is 10.9 Å². The van der Waals surface area contributed by atoms with Gasteiger partial charge in [-0.3, -0.25) is 9.78 Å². The second-order valence-corrected chi connectivity index (χ2v) is 4.32. The third kappa shape index (κ3) is 1.47. The average molecular weight is 301 g/mol. The number of rotatable bonds is 0. The maximum atomic E-state index is 11.5. The average Bonchev–Trinajstić information content (AvgIpc) is 2.07. The van der Waals surface area contributed by atoms with Crippen molar-refractivity contribution in [2.45, 2.75) is 6.92 Å². The van der Waals surface area contributed by atoms with E-state index in [0.717, 1.165) is 9.13 Å². The van der Waals surface area contributed by atoms with Gasteiger partial charge in [-0.05, 0) is 47.2 Å². The standard InChI is InChI=1S/C9H8IN3O/c1-4-2-5(10)3-6-7(4)12-9(11)13-8(6)14/h2-3H,1H3,(H3,11,12,13,14). The highest BCUT2D eigenvalue weighted by Gasteiger charge is 2.05. The number of benzene rings is 1. The first-order valence-electron chi connectivity index (χ1n) is 4.03. The van der Waals surface area contributed by atoms with Gasteiger partial charge in [0.1, 0.15) is 0 Å². The Labute approximate surface area is 93.7 Å². The monoisotopic (exact) mass is 301 g/mol. The molecule has 1 aromatic heterocycles. The molecule has 0 saturated heterocycles. The molecule has 1 heterocycles. The van der Waals surface area contributed by atoms with Crippen LogP contribution in [0.3, 0.4) is 0 Å². The molecule has 3 N–H and O–H groups in total. The minimum absolute atomic E-state index is 0.159. The van der Waals surface area contributed by atoms with Gasteiger partial charge in [-0.2, -0.15) is 0 Å². The van der Waals surface area contributed by atoms with E-state index in [2.05, 4.69) is 32.6 Å². The van der Waals surface area contributed by atoms with E-state index < -0.39 is 0 Å². The molecule has 0 spiro atoms. The van der Waals surface area contributed by atoms with E-state index in [1.54, 1.807) is 6.07 Å². The van der Waals surface area contributed by atoms with Gasteiger partial charge in [0.25, 0.3) is 5.56 Å². The molecule has 0 unspecified atom stereocenters. The van der Waals surface area contributed by atoms with Crippen molar-refractivity contribution in [1.29, 1.82) is 0 Å². The molecule has 72 valence electrons. The number of nitrogens with two attached hydrogens (primary N) is 1. The number of hydrogen-bond acceptors (Lipinski definition) is 3. The Kier molecular flexibility index (Phi) is 2.18. The van der Waals surface area contributed by atoms with E-state index in [1.807, 2.05) is 13.0 Å². The number of aryl methyl sites for hydroxylation is 1. The first-order valence-corrected chi connectivity index (χ1v) is 5.11. The summed E-state index contributed by atoms with van der Waals surface area (Å²) in [4.78, 5) is 18.1. The third-order valence-corrected chi connectivity index (χ3v) is 2.61. The van der Waals surface area contributed by atoms with Crippen molar-refractivity contribution >= 4 is 39.4 Å². The van der Waals surface area contributed by atoms with Gasteiger partial charge < -0.3 is 5.73 Å². The molecule has 4 nitrogen and oxygen atoms in total. The fraction of sp³-hybridized carbons (Fsp3) is 0.111. The van der Waals surface area contributed by atoms with Crippen LogP contribution in [0.5, 0.6) is 0 Å². The summed E-state index contributed by atoms with van der Waals surface area (Å²) in [6, 6.07) is 3.77. The Morgan fingerprint density at radius 2 is 2.21 bits per heavy atom. The lowest BCUT2D eigenvalue weighted by Crippen LogP contribution is -2.11. The van der Waals surface area contributed by atoms with Gasteiger partial charge in [-0.15, -0.1) is 0 Å². The van der Waals surface area contributed by atoms with E-state index in [9.17, 15) is 4.79 Å². The molecule has 1 aromatic carbocycles. The summed E-state index contributed by atoms with van der Waals surface area (Å²) >= 11 is 2.17. The van der Waals surface area contributed by atoms with Crippen LogP contribution in [0.25, 0.3) is 10.9 Å². The van der Waals surface area contributed by atoms with E-state index in [-0.39, 0.29) is 11.5 Å². The van der Waals surface area contributed by atoms with Crippen LogP contribution in [0.1, 0.15) is 5.56 Å². The number of nitrogens with zero attached hydrogens (tertiary/aromatic N) is 1. The number of nitrogens with one attached hydrogen (secondary N) is 1. The van der Waals surface area contributed by atoms with Crippen molar-refractivity contribution in [3.63, 3.8) is 0 Å². The number of nitrogen functional groups attached to an aromatic ring is 1. The Bertz CT molecular complexity index is 562. The molecule has 0 amide bonds. The summed E-state index contributed by atoms with van der Waals surface area (Å²) in [5, 5.41) is 0.587. The maximum Gasteiger partial charge on any atom is 0.260 e. The summed E-state index contributed by atoms with van der Waals surface area (Å²) in [5.74, 6) is 0.159. The smallest absolute Gasteiger partial charge is 0.260 e. The summed E-state index contributed by atoms with van der Waals surface area (Å²) in [6.07, 6.45) is 0. The third-order valence-electron chi connectivity index (χ3n) is 1.98. The Morgan fingerprint density at radius 3 is 2.93 bits per heavy atom. The quantitative estimate of drug-likeness (QED) is 0.723. The highest BCUT2D eigenvalue weighted by Crippen LogP contribution is 2.17. The molecule has 2 aromatic rings. The second kappa shape index (κ2) is 3.23. The van der Waals surface area contributed by atoms with Crippen LogP contribution in [-0.4, -0.2) is 9.97 Å². The lowest BCUT2D eigenvalue weighted by molar-refractivity contribution is 1.18. The predicted octanol–water partition coefficient (Wildman–Crippen LogP) is 1.42. The number of aromatic nitrogens is 2. The predicted molar refractivity (Wildman–Crippen MR) is 64.2 cm³/mol. The molecule has 5 heteroatoms. The number of hydrogen-bond donors (Lipinski definition) is 2. The van der Waals surface area contributed by atoms with Gasteiger partial charge >= 0.3 is 0 Å². The van der Waals surface area contributed by atoms with Crippen LogP contribution in [0.15, 0.2) is 16.9 Å². The Morgan fingerprint density at radius 1 is 1.50 bits per heavy atom. The maximum absolute atomic E-state index is 11.5. The van der Waals surface area contributed by atoms with Crippen LogP contribution >= 0.6 is 22.6 Å². The van der Waals surface area contributed by atoms with Gasteiger partial charge in [0.2, 0.25) is 5.95 Å². The zero-order valence-electron chi connectivity index (χ0n) is 7.47. The number of fused-ring (bicyclic) bond motifs is 1. The van der Waals surface area contributed by atoms with E-state index >= 15 is 0 Å². The fourth-order valence-electron chi connectivity index (χ4n) is 1.39. The van der Waals surface area contributed by atoms with Crippen LogP contribution in [0, 0.1) is 10.5 Å². The SMILES string of the molecule is Cc1cc(I)cc2c(=O)[nH]c(N)nc12. The van der Waals surface area contributed by atoms with Gasteiger partial charge in [-0.25, -0.2) is 4.98 Å². The number of halogens is 1. The molecule has 2 rings (SSSR count). The largest absolute Gasteiger partial charge is 0.369 e. The molecular weight excluding hydrogens is 293 g/mol. The van der Waals surface area contributed by atoms with E-state index in [0.29, 0.717) is 10.9 Å². The molecular formula is C9H8IN3O. The molecule has 14 heavy (non-hydrogen) atoms.